The molecule has 1 heterocycles. The maximum Gasteiger partial charge on any atom is 0.267 e. The van der Waals surface area contributed by atoms with E-state index in [1.165, 1.54) is 18.3 Å². The fourth-order valence-corrected chi connectivity index (χ4v) is 2.76. The standard InChI is InChI=1S/C13H13FN2O4S/c1-2-20-12-4-3-9(7-10(12)14)16-21(18,19)13-8-15-6-5-11(13)17/h3-8,16H,2H2,1H3,(H,15,17). The van der Waals surface area contributed by atoms with Crippen LogP contribution in [-0.2, 0) is 10.0 Å². The Bertz CT molecular complexity index is 802. The summed E-state index contributed by atoms with van der Waals surface area (Å²) >= 11 is 0. The van der Waals surface area contributed by atoms with Crippen LogP contribution in [0.2, 0.25) is 0 Å². The van der Waals surface area contributed by atoms with Gasteiger partial charge in [0.25, 0.3) is 10.0 Å². The molecule has 6 nitrogen and oxygen atoms in total. The predicted molar refractivity (Wildman–Crippen MR) is 75.4 cm³/mol. The molecule has 0 unspecified atom stereocenters. The quantitative estimate of drug-likeness (QED) is 0.880. The van der Waals surface area contributed by atoms with Gasteiger partial charge < -0.3 is 9.72 Å². The molecule has 0 spiro atoms. The van der Waals surface area contributed by atoms with Crippen LogP contribution in [0, 0.1) is 5.82 Å². The third-order valence-corrected chi connectivity index (χ3v) is 3.96. The molecule has 2 rings (SSSR count). The van der Waals surface area contributed by atoms with E-state index >= 15 is 0 Å². The number of benzene rings is 1. The van der Waals surface area contributed by atoms with E-state index in [0.29, 0.717) is 6.61 Å². The Balaban J connectivity index is 2.31. The van der Waals surface area contributed by atoms with Crippen molar-refractivity contribution in [3.63, 3.8) is 0 Å². The first-order valence-corrected chi connectivity index (χ1v) is 7.54. The SMILES string of the molecule is CCOc1ccc(NS(=O)(=O)c2c[nH]ccc2=O)cc1F. The van der Waals surface area contributed by atoms with Gasteiger partial charge in [-0.2, -0.15) is 0 Å². The van der Waals surface area contributed by atoms with Crippen molar-refractivity contribution in [3.8, 4) is 5.75 Å². The maximum atomic E-state index is 13.7. The number of H-pyrrole nitrogens is 1. The molecule has 0 fully saturated rings. The van der Waals surface area contributed by atoms with Crippen LogP contribution in [0.15, 0.2) is 46.3 Å². The Hall–Kier alpha value is -2.35. The molecule has 0 atom stereocenters. The average Bonchev–Trinajstić information content (AvgIpc) is 2.42. The highest BCUT2D eigenvalue weighted by Crippen LogP contribution is 2.22. The topological polar surface area (TPSA) is 88.3 Å². The van der Waals surface area contributed by atoms with Crippen LogP contribution in [0.5, 0.6) is 5.75 Å². The molecule has 21 heavy (non-hydrogen) atoms. The Morgan fingerprint density at radius 3 is 2.71 bits per heavy atom. The van der Waals surface area contributed by atoms with Gasteiger partial charge in [0, 0.05) is 24.5 Å². The molecule has 0 radical (unpaired) electrons. The first-order chi connectivity index (χ1) is 9.94. The van der Waals surface area contributed by atoms with Gasteiger partial charge in [-0.1, -0.05) is 0 Å². The number of halogens is 1. The van der Waals surface area contributed by atoms with Crippen LogP contribution in [0.1, 0.15) is 6.92 Å². The summed E-state index contributed by atoms with van der Waals surface area (Å²) in [5.41, 5.74) is -0.660. The molecule has 1 aromatic carbocycles. The van der Waals surface area contributed by atoms with E-state index in [2.05, 4.69) is 9.71 Å². The van der Waals surface area contributed by atoms with Gasteiger partial charge in [-0.3, -0.25) is 9.52 Å². The second-order valence-corrected chi connectivity index (χ2v) is 5.71. The minimum Gasteiger partial charge on any atom is -0.491 e. The molecule has 0 saturated carbocycles. The van der Waals surface area contributed by atoms with E-state index in [0.717, 1.165) is 18.3 Å². The lowest BCUT2D eigenvalue weighted by molar-refractivity contribution is 0.321. The van der Waals surface area contributed by atoms with Gasteiger partial charge in [0.2, 0.25) is 5.43 Å². The van der Waals surface area contributed by atoms with E-state index in [9.17, 15) is 17.6 Å². The van der Waals surface area contributed by atoms with Crippen LogP contribution in [0.25, 0.3) is 0 Å². The summed E-state index contributed by atoms with van der Waals surface area (Å²) in [6.45, 7) is 2.00. The molecular formula is C13H13FN2O4S. The van der Waals surface area contributed by atoms with Crippen molar-refractivity contribution in [3.05, 3.63) is 52.7 Å². The number of aromatic amines is 1. The van der Waals surface area contributed by atoms with Gasteiger partial charge in [0.15, 0.2) is 16.5 Å². The fourth-order valence-electron chi connectivity index (χ4n) is 1.66. The molecule has 2 aromatic rings. The van der Waals surface area contributed by atoms with Crippen molar-refractivity contribution in [2.24, 2.45) is 0 Å². The molecule has 2 N–H and O–H groups in total. The first-order valence-electron chi connectivity index (χ1n) is 6.06. The smallest absolute Gasteiger partial charge is 0.267 e. The Morgan fingerprint density at radius 1 is 1.33 bits per heavy atom. The molecule has 0 aliphatic heterocycles. The zero-order valence-corrected chi connectivity index (χ0v) is 11.9. The van der Waals surface area contributed by atoms with Gasteiger partial charge in [0.1, 0.15) is 0 Å². The molecule has 0 amide bonds. The normalized spacial score (nSPS) is 11.1. The number of ether oxygens (including phenoxy) is 1. The molecular weight excluding hydrogens is 299 g/mol. The molecule has 1 aromatic heterocycles. The first kappa shape index (κ1) is 15.0. The second kappa shape index (κ2) is 5.96. The lowest BCUT2D eigenvalue weighted by atomic mass is 10.3. The van der Waals surface area contributed by atoms with Gasteiger partial charge >= 0.3 is 0 Å². The van der Waals surface area contributed by atoms with E-state index < -0.39 is 26.2 Å². The summed E-state index contributed by atoms with van der Waals surface area (Å²) in [7, 11) is -4.09. The number of anilines is 1. The summed E-state index contributed by atoms with van der Waals surface area (Å²) in [6, 6.07) is 4.74. The number of aromatic nitrogens is 1. The van der Waals surface area contributed by atoms with Crippen molar-refractivity contribution in [1.29, 1.82) is 0 Å². The number of rotatable bonds is 5. The highest BCUT2D eigenvalue weighted by molar-refractivity contribution is 7.92. The van der Waals surface area contributed by atoms with E-state index in [1.807, 2.05) is 0 Å². The zero-order chi connectivity index (χ0) is 15.5. The predicted octanol–water partition coefficient (Wildman–Crippen LogP) is 1.71. The Kier molecular flexibility index (Phi) is 4.27. The fraction of sp³-hybridized carbons (Fsp3) is 0.154. The minimum absolute atomic E-state index is 0.000735. The molecule has 112 valence electrons. The van der Waals surface area contributed by atoms with Crippen LogP contribution >= 0.6 is 0 Å². The largest absolute Gasteiger partial charge is 0.491 e. The Labute approximate surface area is 120 Å². The summed E-state index contributed by atoms with van der Waals surface area (Å²) in [5, 5.41) is 0. The van der Waals surface area contributed by atoms with Crippen molar-refractivity contribution in [1.82, 2.24) is 4.98 Å². The zero-order valence-electron chi connectivity index (χ0n) is 11.1. The van der Waals surface area contributed by atoms with E-state index in [-0.39, 0.29) is 11.4 Å². The highest BCUT2D eigenvalue weighted by Gasteiger charge is 2.18. The summed E-state index contributed by atoms with van der Waals surface area (Å²) in [4.78, 5) is 13.6. The van der Waals surface area contributed by atoms with E-state index in [4.69, 9.17) is 4.74 Å². The number of sulfonamides is 1. The number of pyridine rings is 1. The van der Waals surface area contributed by atoms with Crippen molar-refractivity contribution in [2.45, 2.75) is 11.8 Å². The second-order valence-electron chi connectivity index (χ2n) is 4.06. The van der Waals surface area contributed by atoms with Gasteiger partial charge in [-0.05, 0) is 19.1 Å². The summed E-state index contributed by atoms with van der Waals surface area (Å²) in [5.74, 6) is -0.669. The molecule has 0 aliphatic carbocycles. The number of nitrogens with one attached hydrogen (secondary N) is 2. The van der Waals surface area contributed by atoms with Gasteiger partial charge in [-0.15, -0.1) is 0 Å². The molecule has 0 aliphatic rings. The van der Waals surface area contributed by atoms with Crippen LogP contribution in [0.3, 0.4) is 0 Å². The van der Waals surface area contributed by atoms with Crippen LogP contribution < -0.4 is 14.9 Å². The summed E-state index contributed by atoms with van der Waals surface area (Å²) in [6.07, 6.45) is 2.38. The Morgan fingerprint density at radius 2 is 2.10 bits per heavy atom. The van der Waals surface area contributed by atoms with Crippen molar-refractivity contribution in [2.75, 3.05) is 11.3 Å². The minimum atomic E-state index is -4.09. The molecule has 8 heteroatoms. The lowest BCUT2D eigenvalue weighted by Gasteiger charge is -2.09. The highest BCUT2D eigenvalue weighted by atomic mass is 32.2. The number of hydrogen-bond donors (Lipinski definition) is 2. The van der Waals surface area contributed by atoms with E-state index in [1.54, 1.807) is 6.92 Å². The van der Waals surface area contributed by atoms with Gasteiger partial charge in [-0.25, -0.2) is 12.8 Å². The van der Waals surface area contributed by atoms with Crippen LogP contribution in [-0.4, -0.2) is 20.0 Å². The summed E-state index contributed by atoms with van der Waals surface area (Å²) < 4.78 is 44.9. The molecule has 0 saturated heterocycles. The number of hydrogen-bond acceptors (Lipinski definition) is 4. The monoisotopic (exact) mass is 312 g/mol. The van der Waals surface area contributed by atoms with Crippen molar-refractivity contribution >= 4 is 15.7 Å². The third-order valence-electron chi connectivity index (χ3n) is 2.56. The third kappa shape index (κ3) is 3.40. The average molecular weight is 312 g/mol. The molecule has 0 bridgehead atoms. The maximum absolute atomic E-state index is 13.7. The van der Waals surface area contributed by atoms with Gasteiger partial charge in [0.05, 0.1) is 12.3 Å². The van der Waals surface area contributed by atoms with Crippen LogP contribution in [0.4, 0.5) is 10.1 Å². The lowest BCUT2D eigenvalue weighted by Crippen LogP contribution is -2.21. The van der Waals surface area contributed by atoms with Crippen molar-refractivity contribution < 1.29 is 17.5 Å².